The number of hydrogen-bond donors (Lipinski definition) is 0. The summed E-state index contributed by atoms with van der Waals surface area (Å²) in [6.45, 7) is 0.934. The number of fused-ring (bicyclic) bond motifs is 1. The van der Waals surface area contributed by atoms with Gasteiger partial charge in [0.25, 0.3) is 5.91 Å². The third-order valence-electron chi connectivity index (χ3n) is 4.81. The molecule has 4 rings (SSSR count). The molecule has 3 aromatic carbocycles. The molecule has 0 radical (unpaired) electrons. The lowest BCUT2D eigenvalue weighted by atomic mass is 10.1. The van der Waals surface area contributed by atoms with Gasteiger partial charge in [-0.3, -0.25) is 4.79 Å². The maximum absolute atomic E-state index is 12.8. The van der Waals surface area contributed by atoms with E-state index in [9.17, 15) is 4.79 Å². The molecule has 0 unspecified atom stereocenters. The minimum Gasteiger partial charge on any atom is -0.493 e. The number of carbonyl (C=O) groups is 1. The number of ether oxygens (including phenoxy) is 2. The molecule has 30 heavy (non-hydrogen) atoms. The van der Waals surface area contributed by atoms with E-state index in [1.807, 2.05) is 66.7 Å². The Labute approximate surface area is 179 Å². The van der Waals surface area contributed by atoms with Crippen LogP contribution < -0.4 is 9.47 Å². The Morgan fingerprint density at radius 3 is 2.63 bits per heavy atom. The Morgan fingerprint density at radius 1 is 1.00 bits per heavy atom. The van der Waals surface area contributed by atoms with E-state index in [2.05, 4.69) is 4.98 Å². The van der Waals surface area contributed by atoms with Gasteiger partial charge >= 0.3 is 0 Å². The highest BCUT2D eigenvalue weighted by molar-refractivity contribution is 7.16. The maximum atomic E-state index is 12.8. The fraction of sp³-hybridized carbons (Fsp3) is 0.167. The summed E-state index contributed by atoms with van der Waals surface area (Å²) < 4.78 is 12.4. The van der Waals surface area contributed by atoms with Gasteiger partial charge in [-0.15, -0.1) is 11.3 Å². The molecule has 0 spiro atoms. The van der Waals surface area contributed by atoms with E-state index < -0.39 is 0 Å². The highest BCUT2D eigenvalue weighted by Crippen LogP contribution is 2.29. The van der Waals surface area contributed by atoms with E-state index in [0.717, 1.165) is 21.3 Å². The standard InChI is InChI=1S/C24H22N2O3S/c1-26(24(27)19-9-10-20-23(13-19)30-16-25-20)14-18-8-11-21(22(12-18)28-2)29-15-17-6-4-3-5-7-17/h3-13,16H,14-15H2,1-2H3. The summed E-state index contributed by atoms with van der Waals surface area (Å²) in [5.41, 5.74) is 5.41. The SMILES string of the molecule is COc1cc(CN(C)C(=O)c2ccc3ncsc3c2)ccc1OCc1ccccc1. The minimum atomic E-state index is -0.0336. The molecule has 0 aliphatic carbocycles. The van der Waals surface area contributed by atoms with E-state index in [4.69, 9.17) is 9.47 Å². The summed E-state index contributed by atoms with van der Waals surface area (Å²) in [4.78, 5) is 18.8. The van der Waals surface area contributed by atoms with Gasteiger partial charge in [0.1, 0.15) is 6.61 Å². The van der Waals surface area contributed by atoms with Crippen molar-refractivity contribution in [3.63, 3.8) is 0 Å². The third kappa shape index (κ3) is 4.44. The van der Waals surface area contributed by atoms with Gasteiger partial charge in [-0.05, 0) is 41.5 Å². The van der Waals surface area contributed by atoms with Crippen LogP contribution in [0.3, 0.4) is 0 Å². The summed E-state index contributed by atoms with van der Waals surface area (Å²) in [6.07, 6.45) is 0. The van der Waals surface area contributed by atoms with Crippen molar-refractivity contribution in [2.24, 2.45) is 0 Å². The number of thiazole rings is 1. The molecule has 0 N–H and O–H groups in total. The first-order valence-corrected chi connectivity index (χ1v) is 10.4. The molecule has 4 aromatic rings. The van der Waals surface area contributed by atoms with Crippen molar-refractivity contribution in [2.45, 2.75) is 13.2 Å². The number of hydrogen-bond acceptors (Lipinski definition) is 5. The number of rotatable bonds is 7. The molecule has 0 atom stereocenters. The molecule has 0 fully saturated rings. The van der Waals surface area contributed by atoms with Crippen molar-refractivity contribution in [2.75, 3.05) is 14.2 Å². The average Bonchev–Trinajstić information content (AvgIpc) is 3.26. The summed E-state index contributed by atoms with van der Waals surface area (Å²) in [5.74, 6) is 1.29. The van der Waals surface area contributed by atoms with Gasteiger partial charge in [0, 0.05) is 19.2 Å². The molecule has 0 bridgehead atoms. The van der Waals surface area contributed by atoms with Gasteiger partial charge in [0.15, 0.2) is 11.5 Å². The zero-order chi connectivity index (χ0) is 20.9. The number of benzene rings is 3. The molecule has 6 heteroatoms. The fourth-order valence-corrected chi connectivity index (χ4v) is 3.94. The van der Waals surface area contributed by atoms with Gasteiger partial charge in [0.05, 0.1) is 22.8 Å². The van der Waals surface area contributed by atoms with E-state index in [-0.39, 0.29) is 5.91 Å². The Morgan fingerprint density at radius 2 is 1.83 bits per heavy atom. The molecule has 0 aliphatic rings. The fourth-order valence-electron chi connectivity index (χ4n) is 3.22. The third-order valence-corrected chi connectivity index (χ3v) is 5.60. The van der Waals surface area contributed by atoms with Gasteiger partial charge in [-0.2, -0.15) is 0 Å². The lowest BCUT2D eigenvalue weighted by Crippen LogP contribution is -2.26. The van der Waals surface area contributed by atoms with Crippen molar-refractivity contribution in [3.05, 3.63) is 88.9 Å². The van der Waals surface area contributed by atoms with Gasteiger partial charge in [-0.1, -0.05) is 36.4 Å². The monoisotopic (exact) mass is 418 g/mol. The van der Waals surface area contributed by atoms with Crippen LogP contribution in [0.15, 0.2) is 72.2 Å². The molecular weight excluding hydrogens is 396 g/mol. The Bertz CT molecular complexity index is 1160. The van der Waals surface area contributed by atoms with Crippen LogP contribution in [0.5, 0.6) is 11.5 Å². The first-order valence-electron chi connectivity index (χ1n) is 9.56. The molecule has 1 amide bonds. The van der Waals surface area contributed by atoms with Crippen LogP contribution in [-0.2, 0) is 13.2 Å². The Balaban J connectivity index is 1.44. The van der Waals surface area contributed by atoms with Gasteiger partial charge in [0.2, 0.25) is 0 Å². The van der Waals surface area contributed by atoms with Crippen LogP contribution in [-0.4, -0.2) is 29.9 Å². The number of amides is 1. The Hall–Kier alpha value is -3.38. The largest absolute Gasteiger partial charge is 0.493 e. The number of methoxy groups -OCH3 is 1. The summed E-state index contributed by atoms with van der Waals surface area (Å²) >= 11 is 1.53. The van der Waals surface area contributed by atoms with Gasteiger partial charge < -0.3 is 14.4 Å². The molecule has 5 nitrogen and oxygen atoms in total. The van der Waals surface area contributed by atoms with Crippen molar-refractivity contribution in [3.8, 4) is 11.5 Å². The van der Waals surface area contributed by atoms with Crippen molar-refractivity contribution >= 4 is 27.5 Å². The second kappa shape index (κ2) is 8.97. The Kier molecular flexibility index (Phi) is 5.95. The lowest BCUT2D eigenvalue weighted by Gasteiger charge is -2.19. The van der Waals surface area contributed by atoms with Crippen LogP contribution in [0.2, 0.25) is 0 Å². The highest BCUT2D eigenvalue weighted by atomic mass is 32.1. The summed E-state index contributed by atoms with van der Waals surface area (Å²) in [7, 11) is 3.42. The van der Waals surface area contributed by atoms with E-state index in [1.54, 1.807) is 24.6 Å². The van der Waals surface area contributed by atoms with Crippen LogP contribution in [0.25, 0.3) is 10.2 Å². The first-order chi connectivity index (χ1) is 14.6. The quantitative estimate of drug-likeness (QED) is 0.416. The average molecular weight is 419 g/mol. The molecule has 0 saturated heterocycles. The van der Waals surface area contributed by atoms with Crippen LogP contribution in [0.1, 0.15) is 21.5 Å². The van der Waals surface area contributed by atoms with Crippen LogP contribution in [0, 0.1) is 0 Å². The number of nitrogens with zero attached hydrogens (tertiary/aromatic N) is 2. The second-order valence-corrected chi connectivity index (χ2v) is 7.84. The zero-order valence-corrected chi connectivity index (χ0v) is 17.7. The van der Waals surface area contributed by atoms with E-state index in [1.165, 1.54) is 11.3 Å². The highest BCUT2D eigenvalue weighted by Gasteiger charge is 2.15. The normalized spacial score (nSPS) is 10.7. The topological polar surface area (TPSA) is 51.7 Å². The summed E-state index contributed by atoms with van der Waals surface area (Å²) in [6, 6.07) is 21.3. The number of carbonyl (C=O) groups excluding carboxylic acids is 1. The molecular formula is C24H22N2O3S. The molecule has 152 valence electrons. The van der Waals surface area contributed by atoms with E-state index in [0.29, 0.717) is 30.2 Å². The van der Waals surface area contributed by atoms with Crippen molar-refractivity contribution < 1.29 is 14.3 Å². The predicted molar refractivity (Wildman–Crippen MR) is 119 cm³/mol. The maximum Gasteiger partial charge on any atom is 0.253 e. The lowest BCUT2D eigenvalue weighted by molar-refractivity contribution is 0.0785. The molecule has 1 aromatic heterocycles. The second-order valence-electron chi connectivity index (χ2n) is 6.96. The first kappa shape index (κ1) is 19.9. The number of aromatic nitrogens is 1. The molecule has 1 heterocycles. The van der Waals surface area contributed by atoms with Crippen molar-refractivity contribution in [1.29, 1.82) is 0 Å². The summed E-state index contributed by atoms with van der Waals surface area (Å²) in [5, 5.41) is 0. The van der Waals surface area contributed by atoms with Crippen LogP contribution in [0.4, 0.5) is 0 Å². The zero-order valence-electron chi connectivity index (χ0n) is 16.9. The van der Waals surface area contributed by atoms with Crippen LogP contribution >= 0.6 is 11.3 Å². The smallest absolute Gasteiger partial charge is 0.253 e. The van der Waals surface area contributed by atoms with Crippen molar-refractivity contribution in [1.82, 2.24) is 9.88 Å². The van der Waals surface area contributed by atoms with Gasteiger partial charge in [-0.25, -0.2) is 4.98 Å². The van der Waals surface area contributed by atoms with E-state index >= 15 is 0 Å². The minimum absolute atomic E-state index is 0.0336. The predicted octanol–water partition coefficient (Wildman–Crippen LogP) is 5.16. The molecule has 0 saturated carbocycles. The molecule has 0 aliphatic heterocycles.